The van der Waals surface area contributed by atoms with Gasteiger partial charge in [-0.05, 0) is 36.8 Å². The largest absolute Gasteiger partial charge is 0.465 e. The second-order valence-corrected chi connectivity index (χ2v) is 7.76. The minimum atomic E-state index is -0.933. The third-order valence-corrected chi connectivity index (χ3v) is 5.57. The fourth-order valence-electron chi connectivity index (χ4n) is 3.98. The fourth-order valence-corrected chi connectivity index (χ4v) is 3.98. The molecule has 1 fully saturated rings. The molecule has 33 heavy (non-hydrogen) atoms. The first kappa shape index (κ1) is 22.7. The van der Waals surface area contributed by atoms with Gasteiger partial charge in [0.1, 0.15) is 17.3 Å². The lowest BCUT2D eigenvalue weighted by Crippen LogP contribution is -2.46. The first-order chi connectivity index (χ1) is 15.8. The molecule has 0 saturated carbocycles. The van der Waals surface area contributed by atoms with Crippen LogP contribution in [0.4, 0.5) is 13.6 Å². The molecule has 174 valence electrons. The molecule has 0 aliphatic carbocycles. The number of carbonyl (C=O) groups is 2. The van der Waals surface area contributed by atoms with E-state index >= 15 is 8.78 Å². The van der Waals surface area contributed by atoms with Crippen molar-refractivity contribution in [3.8, 4) is 11.3 Å². The Kier molecular flexibility index (Phi) is 6.28. The van der Waals surface area contributed by atoms with E-state index in [1.165, 1.54) is 12.0 Å². The lowest BCUT2D eigenvalue weighted by Gasteiger charge is -2.32. The van der Waals surface area contributed by atoms with Crippen LogP contribution >= 0.6 is 0 Å². The molecule has 2 aromatic heterocycles. The Balaban J connectivity index is 1.79. The van der Waals surface area contributed by atoms with Crippen LogP contribution in [0, 0.1) is 18.6 Å². The Bertz CT molecular complexity index is 1200. The van der Waals surface area contributed by atoms with E-state index in [-0.39, 0.29) is 29.8 Å². The van der Waals surface area contributed by atoms with Crippen LogP contribution in [-0.2, 0) is 20.6 Å². The number of benzene rings is 1. The van der Waals surface area contributed by atoms with Crippen molar-refractivity contribution in [1.29, 1.82) is 0 Å². The molecule has 4 rings (SSSR count). The number of halogens is 2. The second kappa shape index (κ2) is 9.14. The zero-order valence-corrected chi connectivity index (χ0v) is 18.4. The van der Waals surface area contributed by atoms with E-state index in [9.17, 15) is 9.59 Å². The molecule has 1 aliphatic rings. The van der Waals surface area contributed by atoms with Gasteiger partial charge in [-0.3, -0.25) is 0 Å². The highest BCUT2D eigenvalue weighted by molar-refractivity contribution is 5.90. The van der Waals surface area contributed by atoms with Crippen molar-refractivity contribution in [3.63, 3.8) is 0 Å². The predicted molar refractivity (Wildman–Crippen MR) is 114 cm³/mol. The minimum Gasteiger partial charge on any atom is -0.465 e. The monoisotopic (exact) mass is 459 g/mol. The van der Waals surface area contributed by atoms with Crippen LogP contribution in [0.3, 0.4) is 0 Å². The third kappa shape index (κ3) is 4.38. The third-order valence-electron chi connectivity index (χ3n) is 5.57. The molecule has 0 N–H and O–H groups in total. The minimum absolute atomic E-state index is 0.103. The summed E-state index contributed by atoms with van der Waals surface area (Å²) in [5, 5.41) is 0. The number of carbonyl (C=O) groups excluding carboxylic acids is 2. The summed E-state index contributed by atoms with van der Waals surface area (Å²) in [6, 6.07) is 5.52. The van der Waals surface area contributed by atoms with E-state index in [1.54, 1.807) is 16.7 Å². The maximum atomic E-state index is 15.1. The van der Waals surface area contributed by atoms with Gasteiger partial charge in [-0.15, -0.1) is 0 Å². The molecular weight excluding hydrogens is 436 g/mol. The van der Waals surface area contributed by atoms with Gasteiger partial charge in [-0.2, -0.15) is 0 Å². The molecule has 10 heteroatoms. The van der Waals surface area contributed by atoms with E-state index in [1.807, 2.05) is 13.0 Å². The van der Waals surface area contributed by atoms with Gasteiger partial charge < -0.3 is 23.5 Å². The first-order valence-electron chi connectivity index (χ1n) is 10.3. The molecule has 3 heterocycles. The van der Waals surface area contributed by atoms with Gasteiger partial charge in [-0.1, -0.05) is 0 Å². The van der Waals surface area contributed by atoms with Gasteiger partial charge in [0.15, 0.2) is 0 Å². The number of esters is 1. The molecule has 0 spiro atoms. The van der Waals surface area contributed by atoms with E-state index < -0.39 is 29.8 Å². The van der Waals surface area contributed by atoms with Gasteiger partial charge >= 0.3 is 12.1 Å². The lowest BCUT2D eigenvalue weighted by atomic mass is 10.0. The Morgan fingerprint density at radius 3 is 2.58 bits per heavy atom. The van der Waals surface area contributed by atoms with Crippen LogP contribution in [0.5, 0.6) is 0 Å². The molecule has 1 amide bonds. The van der Waals surface area contributed by atoms with Crippen molar-refractivity contribution in [3.05, 3.63) is 58.9 Å². The number of fused-ring (bicyclic) bond motifs is 1. The number of ether oxygens (including phenoxy) is 3. The van der Waals surface area contributed by atoms with E-state index in [0.717, 1.165) is 24.8 Å². The zero-order chi connectivity index (χ0) is 23.7. The normalized spacial score (nSPS) is 16.2. The Hall–Kier alpha value is -3.53. The number of hydrogen-bond donors (Lipinski definition) is 0. The van der Waals surface area contributed by atoms with Crippen LogP contribution in [0.15, 0.2) is 30.5 Å². The fraction of sp³-hybridized carbons (Fsp3) is 0.348. The summed E-state index contributed by atoms with van der Waals surface area (Å²) in [6.07, 6.45) is 1.12. The highest BCUT2D eigenvalue weighted by atomic mass is 19.1. The number of amides is 1. The van der Waals surface area contributed by atoms with Gasteiger partial charge in [0.2, 0.25) is 0 Å². The molecule has 1 atom stereocenters. The van der Waals surface area contributed by atoms with Gasteiger partial charge in [-0.25, -0.2) is 23.4 Å². The highest BCUT2D eigenvalue weighted by Gasteiger charge is 2.29. The van der Waals surface area contributed by atoms with Gasteiger partial charge in [0.05, 0.1) is 56.0 Å². The highest BCUT2D eigenvalue weighted by Crippen LogP contribution is 2.32. The van der Waals surface area contributed by atoms with E-state index in [2.05, 4.69) is 9.72 Å². The summed E-state index contributed by atoms with van der Waals surface area (Å²) in [5.74, 6) is -2.71. The topological polar surface area (TPSA) is 82.4 Å². The van der Waals surface area contributed by atoms with Crippen molar-refractivity contribution in [2.75, 3.05) is 33.9 Å². The quantitative estimate of drug-likeness (QED) is 0.557. The average molecular weight is 459 g/mol. The number of nitrogens with zero attached hydrogens (tertiary/aromatic N) is 3. The standard InChI is InChI=1S/C23H23F2N3O5/c1-13-4-5-28-18(11-15-12-27(6-7-33-15)23(30)32-3)21(26-19(28)8-13)20-16(24)9-14(10-17(20)25)22(29)31-2/h4-5,8-10,15H,6-7,11-12H2,1-3H3. The SMILES string of the molecule is COC(=O)c1cc(F)c(-c2nc3cc(C)ccn3c2CC2CN(C(=O)OC)CCO2)c(F)c1. The zero-order valence-electron chi connectivity index (χ0n) is 18.4. The Morgan fingerprint density at radius 1 is 1.18 bits per heavy atom. The first-order valence-corrected chi connectivity index (χ1v) is 10.3. The number of rotatable bonds is 4. The molecule has 1 aliphatic heterocycles. The summed E-state index contributed by atoms with van der Waals surface area (Å²) >= 11 is 0. The number of aromatic nitrogens is 2. The Labute approximate surface area is 188 Å². The molecular formula is C23H23F2N3O5. The maximum absolute atomic E-state index is 15.1. The summed E-state index contributed by atoms with van der Waals surface area (Å²) in [6.45, 7) is 2.85. The molecule has 8 nitrogen and oxygen atoms in total. The number of morpholine rings is 1. The van der Waals surface area contributed by atoms with Crippen molar-refractivity contribution >= 4 is 17.7 Å². The van der Waals surface area contributed by atoms with E-state index in [4.69, 9.17) is 9.47 Å². The number of imidazole rings is 1. The summed E-state index contributed by atoms with van der Waals surface area (Å²) in [4.78, 5) is 29.7. The molecule has 1 unspecified atom stereocenters. The number of hydrogen-bond acceptors (Lipinski definition) is 6. The van der Waals surface area contributed by atoms with Gasteiger partial charge in [0.25, 0.3) is 0 Å². The Morgan fingerprint density at radius 2 is 1.91 bits per heavy atom. The van der Waals surface area contributed by atoms with Crippen molar-refractivity contribution in [2.24, 2.45) is 0 Å². The average Bonchev–Trinajstić information content (AvgIpc) is 3.14. The number of aryl methyl sites for hydroxylation is 1. The molecule has 1 saturated heterocycles. The van der Waals surface area contributed by atoms with Crippen LogP contribution in [0.2, 0.25) is 0 Å². The molecule has 0 radical (unpaired) electrons. The lowest BCUT2D eigenvalue weighted by molar-refractivity contribution is -0.0241. The second-order valence-electron chi connectivity index (χ2n) is 7.76. The van der Waals surface area contributed by atoms with E-state index in [0.29, 0.717) is 24.5 Å². The number of methoxy groups -OCH3 is 2. The molecule has 3 aromatic rings. The summed E-state index contributed by atoms with van der Waals surface area (Å²) < 4.78 is 47.1. The van der Waals surface area contributed by atoms with Crippen LogP contribution in [0.25, 0.3) is 16.9 Å². The molecule has 0 bridgehead atoms. The summed E-state index contributed by atoms with van der Waals surface area (Å²) in [5.41, 5.74) is 1.48. The number of pyridine rings is 1. The van der Waals surface area contributed by atoms with Crippen molar-refractivity contribution < 1.29 is 32.6 Å². The smallest absolute Gasteiger partial charge is 0.409 e. The van der Waals surface area contributed by atoms with Crippen molar-refractivity contribution in [1.82, 2.24) is 14.3 Å². The van der Waals surface area contributed by atoms with Crippen LogP contribution < -0.4 is 0 Å². The van der Waals surface area contributed by atoms with Crippen LogP contribution in [0.1, 0.15) is 21.6 Å². The van der Waals surface area contributed by atoms with Gasteiger partial charge in [0, 0.05) is 19.2 Å². The van der Waals surface area contributed by atoms with Crippen LogP contribution in [-0.4, -0.2) is 66.4 Å². The maximum Gasteiger partial charge on any atom is 0.409 e. The summed E-state index contributed by atoms with van der Waals surface area (Å²) in [7, 11) is 2.44. The molecule has 1 aromatic carbocycles. The predicted octanol–water partition coefficient (Wildman–Crippen LogP) is 3.38. The van der Waals surface area contributed by atoms with Crippen molar-refractivity contribution in [2.45, 2.75) is 19.4 Å².